The van der Waals surface area contributed by atoms with Crippen LogP contribution in [0, 0.1) is 0 Å². The van der Waals surface area contributed by atoms with E-state index in [-0.39, 0.29) is 11.7 Å². The maximum absolute atomic E-state index is 12.2. The number of hydrogen-bond donors (Lipinski definition) is 1. The maximum atomic E-state index is 12.2. The summed E-state index contributed by atoms with van der Waals surface area (Å²) in [6.45, 7) is 2.07. The fourth-order valence-corrected chi connectivity index (χ4v) is 3.68. The fourth-order valence-electron chi connectivity index (χ4n) is 2.41. The molecular formula is C14H14N2O4S. The van der Waals surface area contributed by atoms with Crippen LogP contribution < -0.4 is 5.32 Å². The first-order valence-corrected chi connectivity index (χ1v) is 7.56. The lowest BCUT2D eigenvalue weighted by atomic mass is 10.1. The van der Waals surface area contributed by atoms with Crippen molar-refractivity contribution in [2.45, 2.75) is 26.2 Å². The molecule has 0 atom stereocenters. The zero-order valence-corrected chi connectivity index (χ0v) is 12.3. The van der Waals surface area contributed by atoms with Crippen LogP contribution in [0.2, 0.25) is 0 Å². The number of nitrogens with one attached hydrogen (secondary N) is 1. The number of esters is 1. The van der Waals surface area contributed by atoms with Crippen molar-refractivity contribution in [1.29, 1.82) is 0 Å². The van der Waals surface area contributed by atoms with Gasteiger partial charge in [-0.15, -0.1) is 11.3 Å². The molecule has 2 heterocycles. The highest BCUT2D eigenvalue weighted by Crippen LogP contribution is 2.39. The molecule has 1 aliphatic rings. The van der Waals surface area contributed by atoms with E-state index in [1.165, 1.54) is 23.6 Å². The monoisotopic (exact) mass is 306 g/mol. The smallest absolute Gasteiger partial charge is 0.341 e. The van der Waals surface area contributed by atoms with E-state index in [1.54, 1.807) is 6.92 Å². The number of carbonyl (C=O) groups excluding carboxylic acids is 2. The van der Waals surface area contributed by atoms with E-state index in [4.69, 9.17) is 9.26 Å². The Bertz CT molecular complexity index is 675. The second-order valence-electron chi connectivity index (χ2n) is 4.61. The van der Waals surface area contributed by atoms with Gasteiger partial charge in [-0.2, -0.15) is 0 Å². The van der Waals surface area contributed by atoms with Gasteiger partial charge in [-0.05, 0) is 31.7 Å². The normalized spacial score (nSPS) is 13.0. The van der Waals surface area contributed by atoms with Crippen LogP contribution in [0.25, 0.3) is 0 Å². The van der Waals surface area contributed by atoms with Crippen molar-refractivity contribution in [1.82, 2.24) is 5.16 Å². The van der Waals surface area contributed by atoms with Crippen molar-refractivity contribution >= 4 is 28.2 Å². The van der Waals surface area contributed by atoms with E-state index in [0.29, 0.717) is 17.2 Å². The fraction of sp³-hybridized carbons (Fsp3) is 0.357. The third-order valence-corrected chi connectivity index (χ3v) is 4.50. The van der Waals surface area contributed by atoms with E-state index >= 15 is 0 Å². The summed E-state index contributed by atoms with van der Waals surface area (Å²) >= 11 is 1.43. The number of fused-ring (bicyclic) bond motifs is 1. The molecule has 2 aromatic heterocycles. The van der Waals surface area contributed by atoms with E-state index in [9.17, 15) is 9.59 Å². The third-order valence-electron chi connectivity index (χ3n) is 3.29. The molecule has 1 aliphatic carbocycles. The van der Waals surface area contributed by atoms with Gasteiger partial charge in [0.1, 0.15) is 5.00 Å². The van der Waals surface area contributed by atoms with Crippen LogP contribution in [-0.2, 0) is 17.6 Å². The molecule has 0 saturated heterocycles. The number of hydrogen-bond acceptors (Lipinski definition) is 6. The van der Waals surface area contributed by atoms with Gasteiger partial charge in [0.05, 0.1) is 18.4 Å². The first kappa shape index (κ1) is 13.8. The van der Waals surface area contributed by atoms with E-state index < -0.39 is 5.91 Å². The highest BCUT2D eigenvalue weighted by atomic mass is 32.1. The molecule has 6 nitrogen and oxygen atoms in total. The van der Waals surface area contributed by atoms with Gasteiger partial charge in [0.25, 0.3) is 5.91 Å². The van der Waals surface area contributed by atoms with Gasteiger partial charge in [0, 0.05) is 10.9 Å². The van der Waals surface area contributed by atoms with E-state index in [2.05, 4.69) is 10.5 Å². The Labute approximate surface area is 125 Å². The number of aryl methyl sites for hydroxylation is 1. The molecular weight excluding hydrogens is 292 g/mol. The summed E-state index contributed by atoms with van der Waals surface area (Å²) < 4.78 is 9.92. The summed E-state index contributed by atoms with van der Waals surface area (Å²) in [6, 6.07) is 1.47. The number of aromatic nitrogens is 1. The van der Waals surface area contributed by atoms with Gasteiger partial charge in [-0.1, -0.05) is 5.16 Å². The Hall–Kier alpha value is -2.15. The van der Waals surface area contributed by atoms with Crippen LogP contribution in [0.3, 0.4) is 0 Å². The summed E-state index contributed by atoms with van der Waals surface area (Å²) in [5, 5.41) is 6.75. The minimum atomic E-state index is -0.419. The van der Waals surface area contributed by atoms with Gasteiger partial charge in [-0.3, -0.25) is 4.79 Å². The summed E-state index contributed by atoms with van der Waals surface area (Å²) in [4.78, 5) is 25.3. The minimum absolute atomic E-state index is 0.110. The van der Waals surface area contributed by atoms with Gasteiger partial charge < -0.3 is 14.6 Å². The van der Waals surface area contributed by atoms with E-state index in [1.807, 2.05) is 0 Å². The van der Waals surface area contributed by atoms with Crippen molar-refractivity contribution < 1.29 is 18.8 Å². The molecule has 1 N–H and O–H groups in total. The molecule has 0 unspecified atom stereocenters. The second-order valence-corrected chi connectivity index (χ2v) is 5.72. The molecule has 0 aromatic carbocycles. The molecule has 110 valence electrons. The molecule has 0 spiro atoms. The number of amides is 1. The van der Waals surface area contributed by atoms with Crippen LogP contribution in [0.4, 0.5) is 5.00 Å². The quantitative estimate of drug-likeness (QED) is 0.878. The molecule has 0 aliphatic heterocycles. The van der Waals surface area contributed by atoms with E-state index in [0.717, 1.165) is 29.7 Å². The molecule has 0 saturated carbocycles. The highest BCUT2D eigenvalue weighted by molar-refractivity contribution is 7.17. The van der Waals surface area contributed by atoms with Crippen LogP contribution in [0.1, 0.15) is 44.7 Å². The number of carbonyl (C=O) groups is 2. The van der Waals surface area contributed by atoms with Crippen LogP contribution in [0.15, 0.2) is 16.8 Å². The van der Waals surface area contributed by atoms with Crippen molar-refractivity contribution in [3.63, 3.8) is 0 Å². The van der Waals surface area contributed by atoms with Gasteiger partial charge in [0.15, 0.2) is 0 Å². The number of ether oxygens (including phenoxy) is 1. The van der Waals surface area contributed by atoms with Crippen molar-refractivity contribution in [2.24, 2.45) is 0 Å². The molecule has 21 heavy (non-hydrogen) atoms. The summed E-state index contributed by atoms with van der Waals surface area (Å²) in [7, 11) is 0. The molecule has 7 heteroatoms. The predicted molar refractivity (Wildman–Crippen MR) is 76.8 cm³/mol. The summed E-state index contributed by atoms with van der Waals surface area (Å²) in [6.07, 6.45) is 4.21. The van der Waals surface area contributed by atoms with Gasteiger partial charge in [-0.25, -0.2) is 4.79 Å². The first-order valence-electron chi connectivity index (χ1n) is 6.74. The Kier molecular flexibility index (Phi) is 3.74. The lowest BCUT2D eigenvalue weighted by Gasteiger charge is -2.06. The topological polar surface area (TPSA) is 81.4 Å². The summed E-state index contributed by atoms with van der Waals surface area (Å²) in [5.41, 5.74) is 1.49. The average Bonchev–Trinajstić information content (AvgIpc) is 3.14. The predicted octanol–water partition coefficient (Wildman–Crippen LogP) is 2.65. The van der Waals surface area contributed by atoms with Crippen LogP contribution in [-0.4, -0.2) is 23.6 Å². The molecule has 2 aromatic rings. The zero-order valence-electron chi connectivity index (χ0n) is 11.5. The summed E-state index contributed by atoms with van der Waals surface area (Å²) in [5.74, 6) is -0.693. The van der Waals surface area contributed by atoms with Crippen LogP contribution >= 0.6 is 11.3 Å². The Morgan fingerprint density at radius 3 is 3.05 bits per heavy atom. The van der Waals surface area contributed by atoms with Gasteiger partial charge >= 0.3 is 5.97 Å². The van der Waals surface area contributed by atoms with Crippen LogP contribution in [0.5, 0.6) is 0 Å². The number of nitrogens with zero attached hydrogens (tertiary/aromatic N) is 1. The Morgan fingerprint density at radius 1 is 1.48 bits per heavy atom. The maximum Gasteiger partial charge on any atom is 0.341 e. The molecule has 0 fully saturated rings. The largest absolute Gasteiger partial charge is 0.462 e. The third kappa shape index (κ3) is 2.56. The Morgan fingerprint density at radius 2 is 2.33 bits per heavy atom. The SMILES string of the molecule is CCOC(=O)c1c(NC(=O)c2ccno2)sc2c1CCC2. The van der Waals surface area contributed by atoms with Crippen molar-refractivity contribution in [2.75, 3.05) is 11.9 Å². The number of anilines is 1. The molecule has 0 bridgehead atoms. The molecule has 1 amide bonds. The standard InChI is InChI=1S/C14H14N2O4S/c1-2-19-14(18)11-8-4-3-5-10(8)21-13(11)16-12(17)9-6-7-15-20-9/h6-7H,2-5H2,1H3,(H,16,17). The molecule has 0 radical (unpaired) electrons. The highest BCUT2D eigenvalue weighted by Gasteiger charge is 2.28. The number of thiophene rings is 1. The average molecular weight is 306 g/mol. The number of rotatable bonds is 4. The van der Waals surface area contributed by atoms with Crippen molar-refractivity contribution in [3.05, 3.63) is 34.0 Å². The lowest BCUT2D eigenvalue weighted by Crippen LogP contribution is -2.14. The van der Waals surface area contributed by atoms with Gasteiger partial charge in [0.2, 0.25) is 5.76 Å². The zero-order chi connectivity index (χ0) is 14.8. The Balaban J connectivity index is 1.91. The van der Waals surface area contributed by atoms with Crippen molar-refractivity contribution in [3.8, 4) is 0 Å². The minimum Gasteiger partial charge on any atom is -0.462 e. The first-order chi connectivity index (χ1) is 10.2. The second kappa shape index (κ2) is 5.69. The lowest BCUT2D eigenvalue weighted by molar-refractivity contribution is 0.0527. The molecule has 3 rings (SSSR count).